The Bertz CT molecular complexity index is 17.7. The summed E-state index contributed by atoms with van der Waals surface area (Å²) in [5.74, 6) is 0. The molecule has 0 aromatic rings. The number of hydrogen-bond acceptors (Lipinski definition) is 0. The van der Waals surface area contributed by atoms with E-state index in [4.69, 9.17) is 0 Å². The molecular weight excluding hydrogens is 179 g/mol. The average Bonchev–Trinajstić information content (AvgIpc) is 0.811. The summed E-state index contributed by atoms with van der Waals surface area (Å²) >= 11 is 0. The van der Waals surface area contributed by atoms with Gasteiger partial charge in [0.25, 0.3) is 0 Å². The number of hydrogen-bond donors (Lipinski definition) is 2. The number of halogens is 2. The van der Waals surface area contributed by atoms with Crippen molar-refractivity contribution in [2.75, 3.05) is 21.1 Å². The second kappa shape index (κ2) is 15.9. The van der Waals surface area contributed by atoms with Crippen LogP contribution in [-0.4, -0.2) is 21.1 Å². The molecule has 0 heterocycles. The molecule has 0 aliphatic carbocycles. The van der Waals surface area contributed by atoms with E-state index in [-0.39, 0.29) is 35.5 Å². The molecule has 2 nitrogen and oxygen atoms in total. The maximum atomic E-state index is 2.08. The Balaban J connectivity index is -0.0000000150. The maximum Gasteiger partial charge on any atom is 0.0661 e. The van der Waals surface area contributed by atoms with Crippen molar-refractivity contribution in [2.45, 2.75) is 0 Å². The first-order valence-corrected chi connectivity index (χ1v) is 1.50. The van der Waals surface area contributed by atoms with E-state index in [2.05, 4.69) is 21.1 Å². The van der Waals surface area contributed by atoms with Crippen LogP contribution in [0.4, 0.5) is 0 Å². The van der Waals surface area contributed by atoms with E-state index >= 15 is 0 Å². The van der Waals surface area contributed by atoms with Gasteiger partial charge in [-0.25, -0.2) is 0 Å². The monoisotopic (exact) mass is 192 g/mol. The molecule has 0 fully saturated rings. The summed E-state index contributed by atoms with van der Waals surface area (Å²) in [5.41, 5.74) is 0. The molecule has 0 saturated carbocycles. The van der Waals surface area contributed by atoms with E-state index < -0.39 is 0 Å². The molecule has 50 valence electrons. The molecule has 0 bridgehead atoms. The first-order valence-electron chi connectivity index (χ1n) is 1.50. The van der Waals surface area contributed by atoms with Crippen LogP contribution in [0.5, 0.6) is 0 Å². The normalized spacial score (nSPS) is 5.14. The predicted octanol–water partition coefficient (Wildman–Crippen LogP) is -6.86. The minimum Gasteiger partial charge on any atom is -1.00 e. The van der Waals surface area contributed by atoms with Gasteiger partial charge in [0.2, 0.25) is 0 Å². The van der Waals surface area contributed by atoms with Gasteiger partial charge in [-0.05, 0) is 0 Å². The van der Waals surface area contributed by atoms with Gasteiger partial charge in [-0.2, -0.15) is 0 Å². The number of rotatable bonds is 0. The summed E-state index contributed by atoms with van der Waals surface area (Å²) in [6, 6.07) is 0. The van der Waals surface area contributed by atoms with Crippen LogP contribution in [0.3, 0.4) is 0 Å². The Kier molecular flexibility index (Phi) is 57.4. The van der Waals surface area contributed by atoms with Gasteiger partial charge < -0.3 is 40.4 Å². The lowest BCUT2D eigenvalue weighted by molar-refractivity contribution is -0.836. The summed E-state index contributed by atoms with van der Waals surface area (Å²) in [4.78, 5) is 1.42. The Hall–Kier alpha value is 0.690. The van der Waals surface area contributed by atoms with Crippen molar-refractivity contribution < 1.29 is 34.3 Å². The van der Waals surface area contributed by atoms with Gasteiger partial charge >= 0.3 is 0 Å². The fourth-order valence-electron chi connectivity index (χ4n) is 0. The predicted molar refractivity (Wildman–Crippen MR) is 24.7 cm³/mol. The smallest absolute Gasteiger partial charge is 0.0661 e. The lowest BCUT2D eigenvalue weighted by Crippen LogP contribution is -3.02. The van der Waals surface area contributed by atoms with Crippen LogP contribution in [0.1, 0.15) is 0 Å². The van der Waals surface area contributed by atoms with Crippen LogP contribution in [0.25, 0.3) is 0 Å². The topological polar surface area (TPSA) is 40.9 Å². The van der Waals surface area contributed by atoms with E-state index in [9.17, 15) is 0 Å². The summed E-state index contributed by atoms with van der Waals surface area (Å²) in [5, 5.41) is 0. The summed E-state index contributed by atoms with van der Waals surface area (Å²) in [6.07, 6.45) is 0. The Labute approximate surface area is 62.0 Å². The van der Waals surface area contributed by atoms with Gasteiger partial charge in [0.15, 0.2) is 0 Å². The van der Waals surface area contributed by atoms with Gasteiger partial charge in [-0.1, -0.05) is 0 Å². The standard InChI is InChI=1S/C3H9N.BrH.ClH.H3N/c1-4(2)3;;;/h1-3H3;2*1H;1H3. The largest absolute Gasteiger partial charge is 1.00 e. The zero-order chi connectivity index (χ0) is 3.58. The molecule has 0 unspecified atom stereocenters. The fourth-order valence-corrected chi connectivity index (χ4v) is 0. The Morgan fingerprint density at radius 2 is 1.00 bits per heavy atom. The van der Waals surface area contributed by atoms with Gasteiger partial charge in [-0.3, -0.25) is 0 Å². The van der Waals surface area contributed by atoms with Crippen molar-refractivity contribution in [1.29, 1.82) is 0 Å². The highest BCUT2D eigenvalue weighted by molar-refractivity contribution is 3.59. The molecule has 0 radical (unpaired) electrons. The van der Waals surface area contributed by atoms with Crippen LogP contribution in [0, 0.1) is 0 Å². The highest BCUT2D eigenvalue weighted by Crippen LogP contribution is 0.864. The minimum atomic E-state index is 0. The van der Waals surface area contributed by atoms with E-state index in [1.165, 1.54) is 4.90 Å². The van der Waals surface area contributed by atoms with Gasteiger partial charge in [0.1, 0.15) is 0 Å². The van der Waals surface area contributed by atoms with Crippen molar-refractivity contribution in [3.05, 3.63) is 0 Å². The van der Waals surface area contributed by atoms with E-state index in [1.54, 1.807) is 0 Å². The third-order valence-electron chi connectivity index (χ3n) is 0. The third kappa shape index (κ3) is 309. The first kappa shape index (κ1) is 25.3. The van der Waals surface area contributed by atoms with Crippen LogP contribution in [0.15, 0.2) is 0 Å². The first-order chi connectivity index (χ1) is 1.73. The zero-order valence-corrected chi connectivity index (χ0v) is 7.60. The summed E-state index contributed by atoms with van der Waals surface area (Å²) in [6.45, 7) is 0. The quantitative estimate of drug-likeness (QED) is 0.384. The van der Waals surface area contributed by atoms with Crippen molar-refractivity contribution in [3.8, 4) is 0 Å². The highest BCUT2D eigenvalue weighted by atomic mass is 79.9. The minimum absolute atomic E-state index is 0. The van der Waals surface area contributed by atoms with Crippen molar-refractivity contribution in [2.24, 2.45) is 0 Å². The third-order valence-corrected chi connectivity index (χ3v) is 0. The lowest BCUT2D eigenvalue weighted by Gasteiger charge is -1.88. The van der Waals surface area contributed by atoms with Crippen LogP contribution in [0.2, 0.25) is 0 Å². The maximum absolute atomic E-state index is 2.08. The van der Waals surface area contributed by atoms with E-state index in [0.29, 0.717) is 0 Å². The van der Waals surface area contributed by atoms with Crippen LogP contribution < -0.4 is 40.4 Å². The molecule has 0 spiro atoms. The molecule has 0 atom stereocenters. The second-order valence-electron chi connectivity index (χ2n) is 1.50. The molecule has 0 rings (SSSR count). The summed E-state index contributed by atoms with van der Waals surface area (Å²) in [7, 11) is 6.25. The molecule has 0 amide bonds. The van der Waals surface area contributed by atoms with E-state index in [1.807, 2.05) is 0 Å². The van der Waals surface area contributed by atoms with Gasteiger partial charge in [0, 0.05) is 0 Å². The second-order valence-corrected chi connectivity index (χ2v) is 1.50. The average molecular weight is 194 g/mol. The molecule has 0 saturated heterocycles. The van der Waals surface area contributed by atoms with Crippen molar-refractivity contribution in [3.63, 3.8) is 0 Å². The SMILES string of the molecule is C[NH+](C)C.[Br-].[Cl-].[NH4+]. The Morgan fingerprint density at radius 1 is 1.00 bits per heavy atom. The highest BCUT2D eigenvalue weighted by Gasteiger charge is 1.61. The molecule has 7 heavy (non-hydrogen) atoms. The van der Waals surface area contributed by atoms with Crippen molar-refractivity contribution >= 4 is 0 Å². The fraction of sp³-hybridized carbons (Fsp3) is 1.00. The van der Waals surface area contributed by atoms with Crippen molar-refractivity contribution in [1.82, 2.24) is 6.15 Å². The summed E-state index contributed by atoms with van der Waals surface area (Å²) < 4.78 is 0. The molecule has 0 aliphatic rings. The molecule has 0 aromatic carbocycles. The molecule has 4 heteroatoms. The van der Waals surface area contributed by atoms with Crippen LogP contribution >= 0.6 is 0 Å². The molecule has 5 N–H and O–H groups in total. The van der Waals surface area contributed by atoms with Gasteiger partial charge in [0.05, 0.1) is 21.1 Å². The molecule has 0 aliphatic heterocycles. The zero-order valence-electron chi connectivity index (χ0n) is 5.26. The van der Waals surface area contributed by atoms with Crippen LogP contribution in [-0.2, 0) is 0 Å². The molecule has 0 aromatic heterocycles. The van der Waals surface area contributed by atoms with E-state index in [0.717, 1.165) is 0 Å². The van der Waals surface area contributed by atoms with Gasteiger partial charge in [-0.15, -0.1) is 0 Å². The lowest BCUT2D eigenvalue weighted by atomic mass is 11.0. The molecular formula is C3H14BrClN2. The number of nitrogens with one attached hydrogen (secondary N) is 1. The number of quaternary nitrogens is 2. The Morgan fingerprint density at radius 3 is 1.00 bits per heavy atom.